The number of para-hydroxylation sites is 2. The fourth-order valence-electron chi connectivity index (χ4n) is 3.50. The van der Waals surface area contributed by atoms with Crippen LogP contribution in [0.4, 0.5) is 0 Å². The van der Waals surface area contributed by atoms with E-state index in [1.165, 1.54) is 23.2 Å². The van der Waals surface area contributed by atoms with Gasteiger partial charge in [0, 0.05) is 11.1 Å². The zero-order valence-electron chi connectivity index (χ0n) is 18.6. The van der Waals surface area contributed by atoms with Crippen LogP contribution in [0.25, 0.3) is 22.3 Å². The lowest BCUT2D eigenvalue weighted by molar-refractivity contribution is 0.0701. The first kappa shape index (κ1) is 21.8. The number of carbonyl (C=O) groups is 1. The summed E-state index contributed by atoms with van der Waals surface area (Å²) >= 11 is 0. The van der Waals surface area contributed by atoms with Gasteiger partial charge in [-0.1, -0.05) is 24.3 Å². The third-order valence-corrected chi connectivity index (χ3v) is 5.26. The van der Waals surface area contributed by atoms with Gasteiger partial charge in [0.1, 0.15) is 11.5 Å². The highest BCUT2D eigenvalue weighted by atomic mass is 16.5. The first-order valence-corrected chi connectivity index (χ1v) is 10.7. The van der Waals surface area contributed by atoms with E-state index in [1.807, 2.05) is 6.07 Å². The van der Waals surface area contributed by atoms with Crippen LogP contribution in [0.3, 0.4) is 0 Å². The van der Waals surface area contributed by atoms with Crippen LogP contribution in [0.15, 0.2) is 106 Å². The van der Waals surface area contributed by atoms with E-state index >= 15 is 0 Å². The predicted molar refractivity (Wildman–Crippen MR) is 131 cm³/mol. The van der Waals surface area contributed by atoms with E-state index in [2.05, 4.69) is 10.1 Å². The Balaban J connectivity index is 1.59. The van der Waals surface area contributed by atoms with Crippen molar-refractivity contribution in [3.63, 3.8) is 0 Å². The molecule has 0 N–H and O–H groups in total. The van der Waals surface area contributed by atoms with E-state index < -0.39 is 5.97 Å². The minimum atomic E-state index is -0.640. The monoisotopic (exact) mass is 465 g/mol. The van der Waals surface area contributed by atoms with Crippen LogP contribution in [0.2, 0.25) is 0 Å². The molecule has 5 aromatic rings. The van der Waals surface area contributed by atoms with Gasteiger partial charge < -0.3 is 13.9 Å². The molecule has 8 nitrogen and oxygen atoms in total. The molecular formula is C27H19N3O5. The molecule has 0 unspecified atom stereocenters. The first-order chi connectivity index (χ1) is 17.1. The van der Waals surface area contributed by atoms with Crippen LogP contribution in [0.5, 0.6) is 11.5 Å². The third kappa shape index (κ3) is 4.45. The van der Waals surface area contributed by atoms with Gasteiger partial charge in [0.05, 0.1) is 30.5 Å². The van der Waals surface area contributed by atoms with Crippen LogP contribution < -0.4 is 15.0 Å². The summed E-state index contributed by atoms with van der Waals surface area (Å²) in [4.78, 5) is 30.4. The van der Waals surface area contributed by atoms with Crippen molar-refractivity contribution in [2.24, 2.45) is 5.10 Å². The van der Waals surface area contributed by atoms with Crippen LogP contribution in [0, 0.1) is 0 Å². The van der Waals surface area contributed by atoms with E-state index in [-0.39, 0.29) is 17.1 Å². The largest absolute Gasteiger partial charge is 0.497 e. The minimum absolute atomic E-state index is 0.0773. The molecule has 0 aliphatic rings. The molecule has 0 radical (unpaired) electrons. The number of methoxy groups -OCH3 is 1. The van der Waals surface area contributed by atoms with Gasteiger partial charge >= 0.3 is 5.97 Å². The van der Waals surface area contributed by atoms with Gasteiger partial charge in [0.15, 0.2) is 5.82 Å². The quantitative estimate of drug-likeness (QED) is 0.204. The topological polar surface area (TPSA) is 95.9 Å². The molecule has 35 heavy (non-hydrogen) atoms. The minimum Gasteiger partial charge on any atom is -0.497 e. The Bertz CT molecular complexity index is 1590. The predicted octanol–water partition coefficient (Wildman–Crippen LogP) is 4.77. The summed E-state index contributed by atoms with van der Waals surface area (Å²) in [5.74, 6) is 0.746. The second-order valence-electron chi connectivity index (χ2n) is 7.45. The van der Waals surface area contributed by atoms with Crippen molar-refractivity contribution in [2.45, 2.75) is 0 Å². The highest BCUT2D eigenvalue weighted by Gasteiger charge is 2.15. The Morgan fingerprint density at radius 1 is 0.971 bits per heavy atom. The van der Waals surface area contributed by atoms with Crippen molar-refractivity contribution in [1.29, 1.82) is 0 Å². The fraction of sp³-hybridized carbons (Fsp3) is 0.0370. The Kier molecular flexibility index (Phi) is 5.92. The maximum atomic E-state index is 13.4. The molecule has 0 saturated carbocycles. The van der Waals surface area contributed by atoms with Crippen molar-refractivity contribution in [2.75, 3.05) is 7.11 Å². The molecule has 0 spiro atoms. The van der Waals surface area contributed by atoms with E-state index in [0.29, 0.717) is 33.6 Å². The SMILES string of the molecule is COc1ccc(-c2nc3ccccc3c(=O)n2N=Cc2ccccc2OC(=O)c2ccco2)cc1. The number of hydrogen-bond acceptors (Lipinski definition) is 7. The number of rotatable bonds is 6. The summed E-state index contributed by atoms with van der Waals surface area (Å²) in [6.45, 7) is 0. The number of aromatic nitrogens is 2. The average Bonchev–Trinajstić information content (AvgIpc) is 3.44. The standard InChI is InChI=1S/C27H19N3O5/c1-33-20-14-12-18(13-15-20)25-29-22-9-4-3-8-21(22)26(31)30(25)28-17-19-7-2-5-10-23(19)35-27(32)24-11-6-16-34-24/h2-17H,1H3. The number of fused-ring (bicyclic) bond motifs is 1. The smallest absolute Gasteiger partial charge is 0.379 e. The van der Waals surface area contributed by atoms with Gasteiger partial charge in [0.25, 0.3) is 5.56 Å². The molecule has 3 aromatic carbocycles. The molecular weight excluding hydrogens is 446 g/mol. The van der Waals surface area contributed by atoms with Gasteiger partial charge in [-0.25, -0.2) is 9.78 Å². The molecule has 2 aromatic heterocycles. The maximum absolute atomic E-state index is 13.4. The highest BCUT2D eigenvalue weighted by molar-refractivity contribution is 5.91. The summed E-state index contributed by atoms with van der Waals surface area (Å²) in [5, 5.41) is 4.88. The molecule has 0 bridgehead atoms. The highest BCUT2D eigenvalue weighted by Crippen LogP contribution is 2.23. The number of ether oxygens (including phenoxy) is 2. The van der Waals surface area contributed by atoms with E-state index in [9.17, 15) is 9.59 Å². The molecule has 172 valence electrons. The molecule has 0 amide bonds. The lowest BCUT2D eigenvalue weighted by Crippen LogP contribution is -2.20. The van der Waals surface area contributed by atoms with E-state index in [0.717, 1.165) is 0 Å². The van der Waals surface area contributed by atoms with Gasteiger partial charge in [-0.2, -0.15) is 9.78 Å². The number of hydrogen-bond donors (Lipinski definition) is 0. The number of esters is 1. The second kappa shape index (κ2) is 9.48. The van der Waals surface area contributed by atoms with Crippen molar-refractivity contribution in [3.8, 4) is 22.9 Å². The summed E-state index contributed by atoms with van der Waals surface area (Å²) in [6.07, 6.45) is 2.85. The Morgan fingerprint density at radius 3 is 2.51 bits per heavy atom. The fourth-order valence-corrected chi connectivity index (χ4v) is 3.50. The summed E-state index contributed by atoms with van der Waals surface area (Å²) < 4.78 is 17.1. The number of benzene rings is 3. The second-order valence-corrected chi connectivity index (χ2v) is 7.45. The Morgan fingerprint density at radius 2 is 1.74 bits per heavy atom. The summed E-state index contributed by atoms with van der Waals surface area (Å²) in [5.41, 5.74) is 1.40. The van der Waals surface area contributed by atoms with Crippen LogP contribution in [0.1, 0.15) is 16.1 Å². The van der Waals surface area contributed by atoms with E-state index in [4.69, 9.17) is 13.9 Å². The van der Waals surface area contributed by atoms with Gasteiger partial charge in [-0.15, -0.1) is 0 Å². The van der Waals surface area contributed by atoms with Crippen molar-refractivity contribution in [1.82, 2.24) is 9.66 Å². The molecule has 0 saturated heterocycles. The van der Waals surface area contributed by atoms with Crippen molar-refractivity contribution in [3.05, 3.63) is 113 Å². The Hall–Kier alpha value is -4.98. The number of furan rings is 1. The zero-order valence-corrected chi connectivity index (χ0v) is 18.6. The van der Waals surface area contributed by atoms with Crippen molar-refractivity contribution < 1.29 is 18.7 Å². The maximum Gasteiger partial charge on any atom is 0.379 e. The molecule has 8 heteroatoms. The lowest BCUT2D eigenvalue weighted by Gasteiger charge is -2.10. The average molecular weight is 465 g/mol. The summed E-state index contributed by atoms with van der Waals surface area (Å²) in [6, 6.07) is 24.2. The Labute approximate surface area is 199 Å². The van der Waals surface area contributed by atoms with Crippen molar-refractivity contribution >= 4 is 23.1 Å². The van der Waals surface area contributed by atoms with Crippen LogP contribution >= 0.6 is 0 Å². The van der Waals surface area contributed by atoms with E-state index in [1.54, 1.807) is 79.9 Å². The number of carbonyl (C=O) groups excluding carboxylic acids is 1. The summed E-state index contributed by atoms with van der Waals surface area (Å²) in [7, 11) is 1.58. The molecule has 0 aliphatic heterocycles. The molecule has 0 fully saturated rings. The number of nitrogens with zero attached hydrogens (tertiary/aromatic N) is 3. The molecule has 0 aliphatic carbocycles. The third-order valence-electron chi connectivity index (χ3n) is 5.26. The molecule has 2 heterocycles. The normalized spacial score (nSPS) is 11.1. The van der Waals surface area contributed by atoms with Crippen LogP contribution in [-0.2, 0) is 0 Å². The zero-order chi connectivity index (χ0) is 24.2. The van der Waals surface area contributed by atoms with Gasteiger partial charge in [-0.3, -0.25) is 4.79 Å². The molecule has 0 atom stereocenters. The first-order valence-electron chi connectivity index (χ1n) is 10.7. The molecule has 5 rings (SSSR count). The van der Waals surface area contributed by atoms with Gasteiger partial charge in [0.2, 0.25) is 5.76 Å². The lowest BCUT2D eigenvalue weighted by atomic mass is 10.2. The van der Waals surface area contributed by atoms with Crippen LogP contribution in [-0.4, -0.2) is 29.0 Å². The van der Waals surface area contributed by atoms with Gasteiger partial charge in [-0.05, 0) is 60.7 Å².